The molecule has 1 aromatic heterocycles. The van der Waals surface area contributed by atoms with Crippen LogP contribution in [0.4, 0.5) is 0 Å². The van der Waals surface area contributed by atoms with Gasteiger partial charge in [-0.2, -0.15) is 0 Å². The molecule has 16 heavy (non-hydrogen) atoms. The zero-order valence-corrected chi connectivity index (χ0v) is 11.6. The highest BCUT2D eigenvalue weighted by molar-refractivity contribution is 7.11. The number of hydrogen-bond acceptors (Lipinski definition) is 4. The van der Waals surface area contributed by atoms with Crippen LogP contribution in [0.1, 0.15) is 30.2 Å². The van der Waals surface area contributed by atoms with E-state index in [9.17, 15) is 0 Å². The number of nitrogens with one attached hydrogen (secondary N) is 1. The number of rotatable bonds is 7. The summed E-state index contributed by atoms with van der Waals surface area (Å²) in [6, 6.07) is 0.590. The molecule has 0 spiro atoms. The van der Waals surface area contributed by atoms with Crippen molar-refractivity contribution in [3.8, 4) is 0 Å². The topological polar surface area (TPSA) is 28.2 Å². The molecule has 0 aromatic carbocycles. The van der Waals surface area contributed by atoms with Crippen molar-refractivity contribution >= 4 is 11.3 Å². The Morgan fingerprint density at radius 1 is 1.50 bits per heavy atom. The molecule has 4 heteroatoms. The molecule has 0 bridgehead atoms. The van der Waals surface area contributed by atoms with Gasteiger partial charge >= 0.3 is 0 Å². The molecule has 1 atom stereocenters. The average Bonchev–Trinajstić information content (AvgIpc) is 2.71. The van der Waals surface area contributed by atoms with Crippen LogP contribution in [-0.4, -0.2) is 36.6 Å². The summed E-state index contributed by atoms with van der Waals surface area (Å²) >= 11 is 1.83. The molecule has 0 aliphatic heterocycles. The van der Waals surface area contributed by atoms with E-state index in [-0.39, 0.29) is 0 Å². The highest BCUT2D eigenvalue weighted by Gasteiger charge is 2.04. The Morgan fingerprint density at radius 3 is 2.88 bits per heavy atom. The Bertz CT molecular complexity index is 296. The standard InChI is InChI=1S/C12H23N3S/c1-5-10(2)13-8-11-9-14-12(16-11)6-7-15(3)4/h9-10,13H,5-8H2,1-4H3. The third-order valence-electron chi connectivity index (χ3n) is 2.61. The number of aromatic nitrogens is 1. The second kappa shape index (κ2) is 6.99. The van der Waals surface area contributed by atoms with E-state index in [2.05, 4.69) is 43.1 Å². The molecule has 3 nitrogen and oxygen atoms in total. The summed E-state index contributed by atoms with van der Waals surface area (Å²) < 4.78 is 0. The van der Waals surface area contributed by atoms with Crippen molar-refractivity contribution in [3.05, 3.63) is 16.1 Å². The summed E-state index contributed by atoms with van der Waals surface area (Å²) in [4.78, 5) is 7.98. The zero-order chi connectivity index (χ0) is 12.0. The Labute approximate surface area is 103 Å². The van der Waals surface area contributed by atoms with E-state index in [1.165, 1.54) is 16.3 Å². The number of thiazole rings is 1. The van der Waals surface area contributed by atoms with E-state index in [0.29, 0.717) is 6.04 Å². The lowest BCUT2D eigenvalue weighted by molar-refractivity contribution is 0.413. The molecular formula is C12H23N3S. The van der Waals surface area contributed by atoms with Crippen LogP contribution in [0, 0.1) is 0 Å². The molecule has 1 aromatic rings. The Morgan fingerprint density at radius 2 is 2.25 bits per heavy atom. The van der Waals surface area contributed by atoms with Crippen LogP contribution in [0.3, 0.4) is 0 Å². The predicted molar refractivity (Wildman–Crippen MR) is 71.0 cm³/mol. The van der Waals surface area contributed by atoms with Crippen molar-refractivity contribution in [3.63, 3.8) is 0 Å². The molecule has 0 aliphatic carbocycles. The SMILES string of the molecule is CCC(C)NCc1cnc(CCN(C)C)s1. The fourth-order valence-electron chi connectivity index (χ4n) is 1.28. The number of hydrogen-bond donors (Lipinski definition) is 1. The minimum atomic E-state index is 0.590. The molecule has 1 N–H and O–H groups in total. The van der Waals surface area contributed by atoms with Gasteiger partial charge < -0.3 is 10.2 Å². The molecule has 0 saturated carbocycles. The van der Waals surface area contributed by atoms with Gasteiger partial charge in [-0.25, -0.2) is 4.98 Å². The second-order valence-corrected chi connectivity index (χ2v) is 5.66. The van der Waals surface area contributed by atoms with Gasteiger partial charge in [0, 0.05) is 36.6 Å². The van der Waals surface area contributed by atoms with Crippen LogP contribution in [0.2, 0.25) is 0 Å². The molecule has 0 aliphatic rings. The average molecular weight is 241 g/mol. The van der Waals surface area contributed by atoms with Crippen molar-refractivity contribution in [1.29, 1.82) is 0 Å². The summed E-state index contributed by atoms with van der Waals surface area (Å²) in [7, 11) is 4.19. The molecule has 92 valence electrons. The van der Waals surface area contributed by atoms with Gasteiger partial charge in [-0.15, -0.1) is 11.3 Å². The lowest BCUT2D eigenvalue weighted by atomic mass is 10.2. The Kier molecular flexibility index (Phi) is 5.95. The van der Waals surface area contributed by atoms with Crippen molar-refractivity contribution in [1.82, 2.24) is 15.2 Å². The molecule has 0 amide bonds. The van der Waals surface area contributed by atoms with Gasteiger partial charge in [-0.3, -0.25) is 0 Å². The van der Waals surface area contributed by atoms with Crippen LogP contribution < -0.4 is 5.32 Å². The van der Waals surface area contributed by atoms with E-state index in [0.717, 1.165) is 19.5 Å². The second-order valence-electron chi connectivity index (χ2n) is 4.46. The van der Waals surface area contributed by atoms with E-state index in [1.54, 1.807) is 0 Å². The Hall–Kier alpha value is -0.450. The smallest absolute Gasteiger partial charge is 0.0940 e. The van der Waals surface area contributed by atoms with Gasteiger partial charge in [0.25, 0.3) is 0 Å². The van der Waals surface area contributed by atoms with Crippen LogP contribution in [-0.2, 0) is 13.0 Å². The van der Waals surface area contributed by atoms with E-state index in [4.69, 9.17) is 0 Å². The highest BCUT2D eigenvalue weighted by Crippen LogP contribution is 2.13. The molecule has 0 saturated heterocycles. The normalized spacial score (nSPS) is 13.3. The highest BCUT2D eigenvalue weighted by atomic mass is 32.1. The van der Waals surface area contributed by atoms with Crippen LogP contribution in [0.25, 0.3) is 0 Å². The minimum Gasteiger partial charge on any atom is -0.309 e. The summed E-state index contributed by atoms with van der Waals surface area (Å²) in [6.45, 7) is 6.45. The molecule has 1 unspecified atom stereocenters. The first-order chi connectivity index (χ1) is 7.61. The first-order valence-corrected chi connectivity index (χ1v) is 6.75. The third kappa shape index (κ3) is 5.05. The summed E-state index contributed by atoms with van der Waals surface area (Å²) in [5, 5.41) is 4.73. The maximum absolute atomic E-state index is 4.44. The first kappa shape index (κ1) is 13.6. The van der Waals surface area contributed by atoms with Crippen molar-refractivity contribution in [2.24, 2.45) is 0 Å². The molecule has 1 heterocycles. The summed E-state index contributed by atoms with van der Waals surface area (Å²) in [5.41, 5.74) is 0. The van der Waals surface area contributed by atoms with Gasteiger partial charge in [-0.1, -0.05) is 6.92 Å². The van der Waals surface area contributed by atoms with E-state index < -0.39 is 0 Å². The van der Waals surface area contributed by atoms with Crippen molar-refractivity contribution in [2.45, 2.75) is 39.3 Å². The third-order valence-corrected chi connectivity index (χ3v) is 3.67. The van der Waals surface area contributed by atoms with Crippen LogP contribution in [0.5, 0.6) is 0 Å². The molecular weight excluding hydrogens is 218 g/mol. The largest absolute Gasteiger partial charge is 0.309 e. The van der Waals surface area contributed by atoms with Gasteiger partial charge in [0.2, 0.25) is 0 Å². The molecule has 1 rings (SSSR count). The fourth-order valence-corrected chi connectivity index (χ4v) is 2.15. The monoisotopic (exact) mass is 241 g/mol. The van der Waals surface area contributed by atoms with Crippen molar-refractivity contribution in [2.75, 3.05) is 20.6 Å². The van der Waals surface area contributed by atoms with Gasteiger partial charge in [0.15, 0.2) is 0 Å². The fraction of sp³-hybridized carbons (Fsp3) is 0.750. The minimum absolute atomic E-state index is 0.590. The predicted octanol–water partition coefficient (Wildman–Crippen LogP) is 2.14. The quantitative estimate of drug-likeness (QED) is 0.793. The van der Waals surface area contributed by atoms with E-state index >= 15 is 0 Å². The Balaban J connectivity index is 2.33. The maximum atomic E-state index is 4.44. The molecule has 0 radical (unpaired) electrons. The number of likely N-dealkylation sites (N-methyl/N-ethyl adjacent to an activating group) is 1. The number of nitrogens with zero attached hydrogens (tertiary/aromatic N) is 2. The maximum Gasteiger partial charge on any atom is 0.0940 e. The summed E-state index contributed by atoms with van der Waals surface area (Å²) in [6.07, 6.45) is 4.23. The van der Waals surface area contributed by atoms with E-state index in [1.807, 2.05) is 17.5 Å². The van der Waals surface area contributed by atoms with Crippen LogP contribution >= 0.6 is 11.3 Å². The zero-order valence-electron chi connectivity index (χ0n) is 10.8. The van der Waals surface area contributed by atoms with Crippen molar-refractivity contribution < 1.29 is 0 Å². The lowest BCUT2D eigenvalue weighted by Crippen LogP contribution is -2.23. The molecule has 0 fully saturated rings. The van der Waals surface area contributed by atoms with Gasteiger partial charge in [0.1, 0.15) is 0 Å². The van der Waals surface area contributed by atoms with Gasteiger partial charge in [0.05, 0.1) is 5.01 Å². The summed E-state index contributed by atoms with van der Waals surface area (Å²) in [5.74, 6) is 0. The van der Waals surface area contributed by atoms with Crippen LogP contribution in [0.15, 0.2) is 6.20 Å². The lowest BCUT2D eigenvalue weighted by Gasteiger charge is -2.09. The van der Waals surface area contributed by atoms with Gasteiger partial charge in [-0.05, 0) is 27.4 Å². The first-order valence-electron chi connectivity index (χ1n) is 5.93.